The van der Waals surface area contributed by atoms with Gasteiger partial charge < -0.3 is 4.90 Å². The summed E-state index contributed by atoms with van der Waals surface area (Å²) in [5.41, 5.74) is 0. The van der Waals surface area contributed by atoms with Crippen LogP contribution in [0.5, 0.6) is 0 Å². The van der Waals surface area contributed by atoms with Gasteiger partial charge in [-0.15, -0.1) is 0 Å². The predicted octanol–water partition coefficient (Wildman–Crippen LogP) is 4.91. The van der Waals surface area contributed by atoms with Crippen molar-refractivity contribution >= 4 is 17.4 Å². The fraction of sp³-hybridized carbons (Fsp3) is 0.765. The van der Waals surface area contributed by atoms with Gasteiger partial charge in [-0.2, -0.15) is 0 Å². The maximum Gasteiger partial charge on any atom is 0.135 e. The highest BCUT2D eigenvalue weighted by molar-refractivity contribution is 6.29. The molecule has 1 aliphatic rings. The second kappa shape index (κ2) is 7.44. The van der Waals surface area contributed by atoms with Crippen molar-refractivity contribution in [3.05, 3.63) is 17.0 Å². The summed E-state index contributed by atoms with van der Waals surface area (Å²) in [5, 5.41) is 0.584. The topological polar surface area (TPSA) is 29.0 Å². The van der Waals surface area contributed by atoms with Crippen molar-refractivity contribution in [3.8, 4) is 0 Å². The summed E-state index contributed by atoms with van der Waals surface area (Å²) in [4.78, 5) is 11.6. The molecule has 0 saturated heterocycles. The third-order valence-corrected chi connectivity index (χ3v) is 4.11. The Kier molecular flexibility index (Phi) is 5.86. The largest absolute Gasteiger partial charge is 0.356 e. The Labute approximate surface area is 134 Å². The van der Waals surface area contributed by atoms with Crippen LogP contribution in [0.25, 0.3) is 0 Å². The minimum atomic E-state index is 0.541. The molecular weight excluding hydrogens is 282 g/mol. The first-order chi connectivity index (χ1) is 9.95. The molecule has 0 aromatic carbocycles. The van der Waals surface area contributed by atoms with Gasteiger partial charge in [0.05, 0.1) is 0 Å². The Morgan fingerprint density at radius 3 is 2.14 bits per heavy atom. The highest BCUT2D eigenvalue weighted by atomic mass is 35.5. The first-order valence-electron chi connectivity index (χ1n) is 8.25. The molecule has 0 amide bonds. The number of halogens is 1. The van der Waals surface area contributed by atoms with E-state index in [9.17, 15) is 0 Å². The third-order valence-electron chi connectivity index (χ3n) is 3.92. The lowest BCUT2D eigenvalue weighted by atomic mass is 10.1. The molecule has 1 heterocycles. The molecule has 1 fully saturated rings. The average molecular weight is 310 g/mol. The lowest BCUT2D eigenvalue weighted by Crippen LogP contribution is -2.28. The normalized spacial score (nSPS) is 15.0. The van der Waals surface area contributed by atoms with E-state index < -0.39 is 0 Å². The minimum Gasteiger partial charge on any atom is -0.356 e. The zero-order valence-electron chi connectivity index (χ0n) is 13.8. The van der Waals surface area contributed by atoms with Crippen LogP contribution in [0.15, 0.2) is 6.07 Å². The monoisotopic (exact) mass is 309 g/mol. The van der Waals surface area contributed by atoms with Gasteiger partial charge in [-0.3, -0.25) is 0 Å². The zero-order valence-corrected chi connectivity index (χ0v) is 14.5. The number of aromatic nitrogens is 2. The quantitative estimate of drug-likeness (QED) is 0.639. The van der Waals surface area contributed by atoms with Gasteiger partial charge in [0.15, 0.2) is 0 Å². The molecule has 0 spiro atoms. The average Bonchev–Trinajstić information content (AvgIpc) is 3.21. The Hall–Kier alpha value is -0.830. The molecule has 4 heteroatoms. The van der Waals surface area contributed by atoms with Crippen LogP contribution in [-0.4, -0.2) is 23.1 Å². The molecule has 118 valence electrons. The van der Waals surface area contributed by atoms with Crippen molar-refractivity contribution in [2.24, 2.45) is 11.8 Å². The Bertz CT molecular complexity index is 443. The van der Waals surface area contributed by atoms with Crippen LogP contribution < -0.4 is 4.90 Å². The van der Waals surface area contributed by atoms with Crippen LogP contribution >= 0.6 is 11.6 Å². The highest BCUT2D eigenvalue weighted by Gasteiger charge is 2.27. The molecule has 0 aliphatic heterocycles. The Balaban J connectivity index is 2.13. The summed E-state index contributed by atoms with van der Waals surface area (Å²) >= 11 is 6.21. The molecule has 0 bridgehead atoms. The SMILES string of the molecule is CC(C)CCN(CCC(C)C)c1cc(Cl)nc(C2CC2)n1. The van der Waals surface area contributed by atoms with Crippen LogP contribution in [0.1, 0.15) is 65.1 Å². The molecule has 1 saturated carbocycles. The van der Waals surface area contributed by atoms with E-state index in [0.29, 0.717) is 22.9 Å². The minimum absolute atomic E-state index is 0.541. The van der Waals surface area contributed by atoms with Gasteiger partial charge in [0.1, 0.15) is 16.8 Å². The fourth-order valence-electron chi connectivity index (χ4n) is 2.28. The van der Waals surface area contributed by atoms with Gasteiger partial charge in [0.25, 0.3) is 0 Å². The van der Waals surface area contributed by atoms with Gasteiger partial charge in [-0.1, -0.05) is 39.3 Å². The molecule has 0 radical (unpaired) electrons. The van der Waals surface area contributed by atoms with Crippen molar-refractivity contribution in [1.82, 2.24) is 9.97 Å². The van der Waals surface area contributed by atoms with Crippen molar-refractivity contribution in [2.45, 2.75) is 59.3 Å². The van der Waals surface area contributed by atoms with Crippen LogP contribution in [-0.2, 0) is 0 Å². The van der Waals surface area contributed by atoms with Crippen LogP contribution in [0.3, 0.4) is 0 Å². The molecule has 1 aromatic rings. The smallest absolute Gasteiger partial charge is 0.135 e. The van der Waals surface area contributed by atoms with Crippen molar-refractivity contribution in [1.29, 1.82) is 0 Å². The van der Waals surface area contributed by atoms with Crippen LogP contribution in [0, 0.1) is 11.8 Å². The maximum atomic E-state index is 6.21. The molecule has 0 N–H and O–H groups in total. The Morgan fingerprint density at radius 1 is 1.10 bits per heavy atom. The number of anilines is 1. The summed E-state index contributed by atoms with van der Waals surface area (Å²) in [6.07, 6.45) is 4.77. The third kappa shape index (κ3) is 5.46. The van der Waals surface area contributed by atoms with E-state index in [1.54, 1.807) is 0 Å². The molecule has 21 heavy (non-hydrogen) atoms. The van der Waals surface area contributed by atoms with E-state index in [-0.39, 0.29) is 0 Å². The van der Waals surface area contributed by atoms with Crippen LogP contribution in [0.2, 0.25) is 5.15 Å². The zero-order chi connectivity index (χ0) is 15.4. The van der Waals surface area contributed by atoms with Gasteiger partial charge >= 0.3 is 0 Å². The molecule has 1 aromatic heterocycles. The fourth-order valence-corrected chi connectivity index (χ4v) is 2.46. The Morgan fingerprint density at radius 2 is 1.67 bits per heavy atom. The second-order valence-corrected chi connectivity index (χ2v) is 7.42. The standard InChI is InChI=1S/C17H28ClN3/c1-12(2)7-9-21(10-8-13(3)4)16-11-15(18)19-17(20-16)14-5-6-14/h11-14H,5-10H2,1-4H3. The first-order valence-corrected chi connectivity index (χ1v) is 8.63. The van der Waals surface area contributed by atoms with Crippen molar-refractivity contribution < 1.29 is 0 Å². The maximum absolute atomic E-state index is 6.21. The first kappa shape index (κ1) is 16.5. The molecule has 1 aliphatic carbocycles. The molecule has 3 nitrogen and oxygen atoms in total. The van der Waals surface area contributed by atoms with Crippen molar-refractivity contribution in [2.75, 3.05) is 18.0 Å². The number of nitrogens with zero attached hydrogens (tertiary/aromatic N) is 3. The number of hydrogen-bond acceptors (Lipinski definition) is 3. The lowest BCUT2D eigenvalue weighted by molar-refractivity contribution is 0.532. The predicted molar refractivity (Wildman–Crippen MR) is 90.1 cm³/mol. The second-order valence-electron chi connectivity index (χ2n) is 7.03. The summed E-state index contributed by atoms with van der Waals surface area (Å²) in [6.45, 7) is 11.2. The molecular formula is C17H28ClN3. The molecule has 2 rings (SSSR count). The van der Waals surface area contributed by atoms with E-state index in [1.165, 1.54) is 25.7 Å². The highest BCUT2D eigenvalue weighted by Crippen LogP contribution is 2.39. The molecule has 0 atom stereocenters. The van der Waals surface area contributed by atoms with E-state index in [2.05, 4.69) is 37.6 Å². The van der Waals surface area contributed by atoms with Crippen molar-refractivity contribution in [3.63, 3.8) is 0 Å². The van der Waals surface area contributed by atoms with Gasteiger partial charge in [-0.25, -0.2) is 9.97 Å². The summed E-state index contributed by atoms with van der Waals surface area (Å²) in [6, 6.07) is 1.92. The van der Waals surface area contributed by atoms with E-state index >= 15 is 0 Å². The summed E-state index contributed by atoms with van der Waals surface area (Å²) < 4.78 is 0. The van der Waals surface area contributed by atoms with Gasteiger partial charge in [0.2, 0.25) is 0 Å². The van der Waals surface area contributed by atoms with E-state index in [0.717, 1.165) is 24.7 Å². The van der Waals surface area contributed by atoms with E-state index in [1.807, 2.05) is 6.07 Å². The van der Waals surface area contributed by atoms with E-state index in [4.69, 9.17) is 16.6 Å². The molecule has 0 unspecified atom stereocenters. The lowest BCUT2D eigenvalue weighted by Gasteiger charge is -2.26. The van der Waals surface area contributed by atoms with Crippen LogP contribution in [0.4, 0.5) is 5.82 Å². The number of rotatable bonds is 8. The summed E-state index contributed by atoms with van der Waals surface area (Å²) in [5.74, 6) is 3.90. The summed E-state index contributed by atoms with van der Waals surface area (Å²) in [7, 11) is 0. The van der Waals surface area contributed by atoms with Gasteiger partial charge in [-0.05, 0) is 37.5 Å². The van der Waals surface area contributed by atoms with Gasteiger partial charge in [0, 0.05) is 25.1 Å². The number of hydrogen-bond donors (Lipinski definition) is 0.